The van der Waals surface area contributed by atoms with E-state index in [4.69, 9.17) is 0 Å². The fraction of sp³-hybridized carbons (Fsp3) is 0.471. The SMILES string of the molecule is O=C(NCc1ccnc(-n2ccnc2)c1)[C@@H]1CCCN(CC(F)(F)F)C1. The van der Waals surface area contributed by atoms with Crippen LogP contribution in [-0.4, -0.2) is 51.2 Å². The molecule has 140 valence electrons. The van der Waals surface area contributed by atoms with Gasteiger partial charge >= 0.3 is 6.18 Å². The Morgan fingerprint density at radius 2 is 2.19 bits per heavy atom. The molecule has 0 aromatic carbocycles. The third-order valence-electron chi connectivity index (χ3n) is 4.32. The molecule has 0 radical (unpaired) electrons. The Hall–Kier alpha value is -2.42. The molecule has 1 N–H and O–H groups in total. The predicted octanol–water partition coefficient (Wildman–Crippen LogP) is 2.16. The first-order chi connectivity index (χ1) is 12.4. The molecule has 2 aromatic heterocycles. The van der Waals surface area contributed by atoms with Gasteiger partial charge in [0.1, 0.15) is 12.1 Å². The van der Waals surface area contributed by atoms with Gasteiger partial charge in [0, 0.05) is 31.7 Å². The first-order valence-corrected chi connectivity index (χ1v) is 8.41. The summed E-state index contributed by atoms with van der Waals surface area (Å²) in [6, 6.07) is 3.62. The third kappa shape index (κ3) is 5.04. The summed E-state index contributed by atoms with van der Waals surface area (Å²) < 4.78 is 39.4. The van der Waals surface area contributed by atoms with Crippen LogP contribution in [0.15, 0.2) is 37.1 Å². The summed E-state index contributed by atoms with van der Waals surface area (Å²) in [6.07, 6.45) is 3.64. The van der Waals surface area contributed by atoms with E-state index in [-0.39, 0.29) is 12.5 Å². The molecular formula is C17H20F3N5O. The largest absolute Gasteiger partial charge is 0.401 e. The summed E-state index contributed by atoms with van der Waals surface area (Å²) in [5.74, 6) is 0.0576. The Kier molecular flexibility index (Phi) is 5.55. The van der Waals surface area contributed by atoms with E-state index in [1.165, 1.54) is 4.90 Å². The molecule has 1 saturated heterocycles. The van der Waals surface area contributed by atoms with E-state index in [0.717, 1.165) is 5.56 Å². The zero-order valence-corrected chi connectivity index (χ0v) is 14.1. The molecule has 0 saturated carbocycles. The lowest BCUT2D eigenvalue weighted by Gasteiger charge is -2.32. The molecule has 0 spiro atoms. The minimum atomic E-state index is -4.24. The van der Waals surface area contributed by atoms with Crippen LogP contribution in [0.25, 0.3) is 5.82 Å². The Morgan fingerprint density at radius 1 is 1.35 bits per heavy atom. The van der Waals surface area contributed by atoms with Gasteiger partial charge < -0.3 is 5.32 Å². The second-order valence-corrected chi connectivity index (χ2v) is 6.40. The van der Waals surface area contributed by atoms with Gasteiger partial charge in [-0.25, -0.2) is 9.97 Å². The number of hydrogen-bond donors (Lipinski definition) is 1. The lowest BCUT2D eigenvalue weighted by Crippen LogP contribution is -2.45. The van der Waals surface area contributed by atoms with Gasteiger partial charge in [0.15, 0.2) is 0 Å². The standard InChI is InChI=1S/C17H20F3N5O/c18-17(19,20)11-24-6-1-2-14(10-24)16(26)23-9-13-3-4-22-15(8-13)25-7-5-21-12-25/h3-5,7-8,12,14H,1-2,6,9-11H2,(H,23,26)/t14-/m1/s1. The molecule has 1 aliphatic rings. The highest BCUT2D eigenvalue weighted by Crippen LogP contribution is 2.22. The highest BCUT2D eigenvalue weighted by atomic mass is 19.4. The number of halogens is 3. The maximum Gasteiger partial charge on any atom is 0.401 e. The number of carbonyl (C=O) groups is 1. The van der Waals surface area contributed by atoms with E-state index in [0.29, 0.717) is 31.7 Å². The van der Waals surface area contributed by atoms with Crippen LogP contribution in [0.1, 0.15) is 18.4 Å². The molecule has 0 aliphatic carbocycles. The van der Waals surface area contributed by atoms with Crippen molar-refractivity contribution in [3.05, 3.63) is 42.6 Å². The topological polar surface area (TPSA) is 63.1 Å². The Labute approximate surface area is 149 Å². The summed E-state index contributed by atoms with van der Waals surface area (Å²) in [7, 11) is 0. The van der Waals surface area contributed by atoms with Crippen molar-refractivity contribution in [2.24, 2.45) is 5.92 Å². The quantitative estimate of drug-likeness (QED) is 0.880. The maximum absolute atomic E-state index is 12.5. The summed E-state index contributed by atoms with van der Waals surface area (Å²) >= 11 is 0. The minimum absolute atomic E-state index is 0.141. The third-order valence-corrected chi connectivity index (χ3v) is 4.32. The van der Waals surface area contributed by atoms with Crippen molar-refractivity contribution in [2.75, 3.05) is 19.6 Å². The molecule has 9 heteroatoms. The molecule has 0 bridgehead atoms. The normalized spacial score (nSPS) is 18.7. The van der Waals surface area contributed by atoms with E-state index in [9.17, 15) is 18.0 Å². The molecule has 6 nitrogen and oxygen atoms in total. The minimum Gasteiger partial charge on any atom is -0.352 e. The number of alkyl halides is 3. The first-order valence-electron chi connectivity index (χ1n) is 8.41. The van der Waals surface area contributed by atoms with Gasteiger partial charge in [-0.1, -0.05) is 0 Å². The number of nitrogens with zero attached hydrogens (tertiary/aromatic N) is 4. The van der Waals surface area contributed by atoms with Crippen LogP contribution in [0.3, 0.4) is 0 Å². The molecule has 3 heterocycles. The number of nitrogens with one attached hydrogen (secondary N) is 1. The van der Waals surface area contributed by atoms with Crippen molar-refractivity contribution in [1.82, 2.24) is 24.8 Å². The second kappa shape index (κ2) is 7.86. The summed E-state index contributed by atoms with van der Waals surface area (Å²) in [5, 5.41) is 2.83. The number of carbonyl (C=O) groups excluding carboxylic acids is 1. The van der Waals surface area contributed by atoms with Crippen LogP contribution in [-0.2, 0) is 11.3 Å². The summed E-state index contributed by atoms with van der Waals surface area (Å²) in [5.41, 5.74) is 0.861. The average molecular weight is 367 g/mol. The first kappa shape index (κ1) is 18.4. The van der Waals surface area contributed by atoms with Crippen LogP contribution in [0.4, 0.5) is 13.2 Å². The summed E-state index contributed by atoms with van der Waals surface area (Å²) in [4.78, 5) is 21.9. The molecule has 26 heavy (non-hydrogen) atoms. The molecule has 3 rings (SSSR count). The molecule has 1 amide bonds. The summed E-state index contributed by atoms with van der Waals surface area (Å²) in [6.45, 7) is -0.141. The molecule has 1 aliphatic heterocycles. The zero-order valence-electron chi connectivity index (χ0n) is 14.1. The number of piperidine rings is 1. The van der Waals surface area contributed by atoms with Crippen molar-refractivity contribution in [2.45, 2.75) is 25.6 Å². The van der Waals surface area contributed by atoms with E-state index in [2.05, 4.69) is 15.3 Å². The van der Waals surface area contributed by atoms with Gasteiger partial charge in [0.2, 0.25) is 5.91 Å². The molecule has 1 fully saturated rings. The predicted molar refractivity (Wildman–Crippen MR) is 88.4 cm³/mol. The van der Waals surface area contributed by atoms with E-state index in [1.54, 1.807) is 35.6 Å². The van der Waals surface area contributed by atoms with Crippen LogP contribution < -0.4 is 5.32 Å². The van der Waals surface area contributed by atoms with Gasteiger partial charge in [-0.05, 0) is 37.1 Å². The van der Waals surface area contributed by atoms with Crippen molar-refractivity contribution in [1.29, 1.82) is 0 Å². The maximum atomic E-state index is 12.5. The van der Waals surface area contributed by atoms with Crippen LogP contribution in [0, 0.1) is 5.92 Å². The van der Waals surface area contributed by atoms with Gasteiger partial charge in [0.25, 0.3) is 0 Å². The van der Waals surface area contributed by atoms with Crippen molar-refractivity contribution in [3.63, 3.8) is 0 Å². The smallest absolute Gasteiger partial charge is 0.352 e. The van der Waals surface area contributed by atoms with E-state index in [1.807, 2.05) is 6.07 Å². The Bertz CT molecular complexity index is 732. The van der Waals surface area contributed by atoms with Gasteiger partial charge in [-0.2, -0.15) is 13.2 Å². The van der Waals surface area contributed by atoms with Crippen LogP contribution >= 0.6 is 0 Å². The van der Waals surface area contributed by atoms with Gasteiger partial charge in [-0.3, -0.25) is 14.3 Å². The number of hydrogen-bond acceptors (Lipinski definition) is 4. The highest BCUT2D eigenvalue weighted by molar-refractivity contribution is 5.79. The van der Waals surface area contributed by atoms with Gasteiger partial charge in [-0.15, -0.1) is 0 Å². The zero-order chi connectivity index (χ0) is 18.6. The number of pyridine rings is 1. The number of likely N-dealkylation sites (tertiary alicyclic amines) is 1. The van der Waals surface area contributed by atoms with Crippen molar-refractivity contribution < 1.29 is 18.0 Å². The van der Waals surface area contributed by atoms with Crippen LogP contribution in [0.2, 0.25) is 0 Å². The Balaban J connectivity index is 1.54. The number of aromatic nitrogens is 3. The highest BCUT2D eigenvalue weighted by Gasteiger charge is 2.34. The number of amides is 1. The van der Waals surface area contributed by atoms with Crippen LogP contribution in [0.5, 0.6) is 0 Å². The lowest BCUT2D eigenvalue weighted by molar-refractivity contribution is -0.152. The molecule has 2 aromatic rings. The van der Waals surface area contributed by atoms with Gasteiger partial charge in [0.05, 0.1) is 12.5 Å². The van der Waals surface area contributed by atoms with E-state index < -0.39 is 18.6 Å². The van der Waals surface area contributed by atoms with Crippen molar-refractivity contribution in [3.8, 4) is 5.82 Å². The fourth-order valence-corrected chi connectivity index (χ4v) is 3.11. The Morgan fingerprint density at radius 3 is 2.92 bits per heavy atom. The molecular weight excluding hydrogens is 347 g/mol. The lowest BCUT2D eigenvalue weighted by atomic mass is 9.97. The van der Waals surface area contributed by atoms with Crippen molar-refractivity contribution >= 4 is 5.91 Å². The fourth-order valence-electron chi connectivity index (χ4n) is 3.11. The number of imidazole rings is 1. The molecule has 1 atom stereocenters. The monoisotopic (exact) mass is 367 g/mol. The number of rotatable bonds is 5. The van der Waals surface area contributed by atoms with E-state index >= 15 is 0 Å². The molecule has 0 unspecified atom stereocenters. The average Bonchev–Trinajstić information content (AvgIpc) is 3.13. The second-order valence-electron chi connectivity index (χ2n) is 6.40.